The van der Waals surface area contributed by atoms with Crippen LogP contribution in [0.4, 0.5) is 0 Å². The number of carbonyl (C=O) groups is 1. The summed E-state index contributed by atoms with van der Waals surface area (Å²) >= 11 is 0. The molecule has 0 aromatic rings. The molecule has 1 amide bonds. The lowest BCUT2D eigenvalue weighted by Crippen LogP contribution is -2.42. The van der Waals surface area contributed by atoms with Crippen molar-refractivity contribution < 1.29 is 4.79 Å². The highest BCUT2D eigenvalue weighted by Crippen LogP contribution is 2.23. The molecule has 0 saturated heterocycles. The van der Waals surface area contributed by atoms with Crippen LogP contribution in [0.3, 0.4) is 0 Å². The minimum Gasteiger partial charge on any atom is -0.352 e. The van der Waals surface area contributed by atoms with Gasteiger partial charge in [0.15, 0.2) is 0 Å². The number of amides is 1. The molecule has 1 atom stereocenters. The van der Waals surface area contributed by atoms with Gasteiger partial charge in [0.05, 0.1) is 0 Å². The zero-order valence-corrected chi connectivity index (χ0v) is 10.3. The van der Waals surface area contributed by atoms with E-state index in [0.29, 0.717) is 0 Å². The second-order valence-electron chi connectivity index (χ2n) is 5.01. The summed E-state index contributed by atoms with van der Waals surface area (Å²) in [7, 11) is 4.06. The molecule has 0 spiro atoms. The number of carbonyl (C=O) groups excluding carboxylic acids is 1. The Hall–Kier alpha value is -0.570. The molecule has 0 heterocycles. The van der Waals surface area contributed by atoms with Gasteiger partial charge in [0.1, 0.15) is 0 Å². The third kappa shape index (κ3) is 4.65. The van der Waals surface area contributed by atoms with E-state index in [4.69, 9.17) is 0 Å². The van der Waals surface area contributed by atoms with E-state index >= 15 is 0 Å². The van der Waals surface area contributed by atoms with Gasteiger partial charge in [-0.2, -0.15) is 0 Å². The van der Waals surface area contributed by atoms with Crippen LogP contribution in [0.15, 0.2) is 0 Å². The van der Waals surface area contributed by atoms with Gasteiger partial charge in [-0.25, -0.2) is 0 Å². The first-order chi connectivity index (χ1) is 7.09. The van der Waals surface area contributed by atoms with Crippen LogP contribution in [0, 0.1) is 5.92 Å². The summed E-state index contributed by atoms with van der Waals surface area (Å²) in [5.74, 6) is 0.549. The fraction of sp³-hybridized carbons (Fsp3) is 0.917. The van der Waals surface area contributed by atoms with Gasteiger partial charge in [0, 0.05) is 18.5 Å². The summed E-state index contributed by atoms with van der Waals surface area (Å²) in [5.41, 5.74) is 0. The molecule has 3 heteroatoms. The van der Waals surface area contributed by atoms with Crippen molar-refractivity contribution in [2.45, 2.75) is 45.1 Å². The molecule has 0 radical (unpaired) electrons. The summed E-state index contributed by atoms with van der Waals surface area (Å²) in [6.45, 7) is 2.99. The number of nitrogens with one attached hydrogen (secondary N) is 1. The summed E-state index contributed by atoms with van der Waals surface area (Å²) < 4.78 is 0. The molecule has 0 aromatic heterocycles. The van der Waals surface area contributed by atoms with Crippen LogP contribution in [0.5, 0.6) is 0 Å². The van der Waals surface area contributed by atoms with Crippen molar-refractivity contribution in [3.05, 3.63) is 0 Å². The molecule has 1 N–H and O–H groups in total. The van der Waals surface area contributed by atoms with Gasteiger partial charge in [0.2, 0.25) is 5.91 Å². The molecular weight excluding hydrogens is 188 g/mol. The minimum absolute atomic E-state index is 0.259. The van der Waals surface area contributed by atoms with Gasteiger partial charge in [-0.1, -0.05) is 19.3 Å². The van der Waals surface area contributed by atoms with Gasteiger partial charge >= 0.3 is 0 Å². The van der Waals surface area contributed by atoms with E-state index in [0.717, 1.165) is 19.4 Å². The van der Waals surface area contributed by atoms with E-state index in [2.05, 4.69) is 17.1 Å². The molecule has 1 fully saturated rings. The molecule has 88 valence electrons. The minimum atomic E-state index is 0.259. The molecule has 15 heavy (non-hydrogen) atoms. The molecule has 0 aromatic carbocycles. The van der Waals surface area contributed by atoms with Crippen molar-refractivity contribution in [2.24, 2.45) is 5.92 Å². The van der Waals surface area contributed by atoms with E-state index in [1.165, 1.54) is 19.3 Å². The largest absolute Gasteiger partial charge is 0.352 e. The first-order valence-electron chi connectivity index (χ1n) is 6.04. The monoisotopic (exact) mass is 212 g/mol. The lowest BCUT2D eigenvalue weighted by atomic mass is 9.88. The molecule has 3 nitrogen and oxygen atoms in total. The van der Waals surface area contributed by atoms with Gasteiger partial charge in [-0.15, -0.1) is 0 Å². The van der Waals surface area contributed by atoms with Gasteiger partial charge in [0.25, 0.3) is 0 Å². The fourth-order valence-electron chi connectivity index (χ4n) is 2.32. The fourth-order valence-corrected chi connectivity index (χ4v) is 2.32. The summed E-state index contributed by atoms with van der Waals surface area (Å²) in [6.07, 6.45) is 5.92. The van der Waals surface area contributed by atoms with Crippen LogP contribution >= 0.6 is 0 Å². The molecule has 0 bridgehead atoms. The normalized spacial score (nSPS) is 20.3. The standard InChI is InChI=1S/C12H24N2O/c1-10(9-14(2)3)13-12(15)11-7-5-4-6-8-11/h10-11H,4-9H2,1-3H3,(H,13,15). The topological polar surface area (TPSA) is 32.3 Å². The molecule has 1 aliphatic rings. The van der Waals surface area contributed by atoms with Crippen molar-refractivity contribution in [1.82, 2.24) is 10.2 Å². The Bertz CT molecular complexity index is 198. The smallest absolute Gasteiger partial charge is 0.223 e. The van der Waals surface area contributed by atoms with Crippen molar-refractivity contribution >= 4 is 5.91 Å². The Morgan fingerprint density at radius 3 is 2.47 bits per heavy atom. The zero-order valence-electron chi connectivity index (χ0n) is 10.3. The average Bonchev–Trinajstić information content (AvgIpc) is 2.17. The zero-order chi connectivity index (χ0) is 11.3. The molecular formula is C12H24N2O. The maximum absolute atomic E-state index is 11.9. The Morgan fingerprint density at radius 2 is 1.93 bits per heavy atom. The van der Waals surface area contributed by atoms with Crippen molar-refractivity contribution in [3.63, 3.8) is 0 Å². The predicted octanol–water partition coefficient (Wildman–Crippen LogP) is 1.63. The lowest BCUT2D eigenvalue weighted by molar-refractivity contribution is -0.126. The number of hydrogen-bond donors (Lipinski definition) is 1. The number of rotatable bonds is 4. The first kappa shape index (κ1) is 12.5. The van der Waals surface area contributed by atoms with Crippen LogP contribution in [0.1, 0.15) is 39.0 Å². The van der Waals surface area contributed by atoms with Crippen LogP contribution in [-0.4, -0.2) is 37.5 Å². The van der Waals surface area contributed by atoms with Crippen LogP contribution in [0.2, 0.25) is 0 Å². The second kappa shape index (κ2) is 6.11. The molecule has 1 rings (SSSR count). The van der Waals surface area contributed by atoms with Gasteiger partial charge in [-0.3, -0.25) is 4.79 Å². The second-order valence-corrected chi connectivity index (χ2v) is 5.01. The predicted molar refractivity (Wildman–Crippen MR) is 62.7 cm³/mol. The Kier molecular flexibility index (Phi) is 5.09. The highest BCUT2D eigenvalue weighted by Gasteiger charge is 2.21. The molecule has 1 saturated carbocycles. The van der Waals surface area contributed by atoms with Crippen LogP contribution in [0.25, 0.3) is 0 Å². The molecule has 0 aliphatic heterocycles. The Balaban J connectivity index is 2.27. The number of nitrogens with zero attached hydrogens (tertiary/aromatic N) is 1. The van der Waals surface area contributed by atoms with E-state index in [1.54, 1.807) is 0 Å². The van der Waals surface area contributed by atoms with E-state index in [-0.39, 0.29) is 17.9 Å². The van der Waals surface area contributed by atoms with Gasteiger partial charge in [-0.05, 0) is 33.9 Å². The van der Waals surface area contributed by atoms with E-state index < -0.39 is 0 Å². The maximum atomic E-state index is 11.9. The Morgan fingerprint density at radius 1 is 1.33 bits per heavy atom. The molecule has 1 unspecified atom stereocenters. The summed E-state index contributed by atoms with van der Waals surface area (Å²) in [6, 6.07) is 0.259. The molecule has 1 aliphatic carbocycles. The van der Waals surface area contributed by atoms with Crippen molar-refractivity contribution in [1.29, 1.82) is 0 Å². The lowest BCUT2D eigenvalue weighted by Gasteiger charge is -2.24. The summed E-state index contributed by atoms with van der Waals surface area (Å²) in [4.78, 5) is 14.0. The quantitative estimate of drug-likeness (QED) is 0.768. The highest BCUT2D eigenvalue weighted by molar-refractivity contribution is 5.78. The SMILES string of the molecule is CC(CN(C)C)NC(=O)C1CCCCC1. The van der Waals surface area contributed by atoms with Crippen LogP contribution in [-0.2, 0) is 4.79 Å². The highest BCUT2D eigenvalue weighted by atomic mass is 16.1. The maximum Gasteiger partial charge on any atom is 0.223 e. The van der Waals surface area contributed by atoms with Crippen molar-refractivity contribution in [2.75, 3.05) is 20.6 Å². The van der Waals surface area contributed by atoms with Gasteiger partial charge < -0.3 is 10.2 Å². The third-order valence-electron chi connectivity index (χ3n) is 3.00. The van der Waals surface area contributed by atoms with Crippen LogP contribution < -0.4 is 5.32 Å². The number of likely N-dealkylation sites (N-methyl/N-ethyl adjacent to an activating group) is 1. The van der Waals surface area contributed by atoms with E-state index in [9.17, 15) is 4.79 Å². The number of hydrogen-bond acceptors (Lipinski definition) is 2. The van der Waals surface area contributed by atoms with E-state index in [1.807, 2.05) is 14.1 Å². The first-order valence-corrected chi connectivity index (χ1v) is 6.04. The summed E-state index contributed by atoms with van der Waals surface area (Å²) in [5, 5.41) is 3.10. The Labute approximate surface area is 93.2 Å². The average molecular weight is 212 g/mol. The van der Waals surface area contributed by atoms with Crippen molar-refractivity contribution in [3.8, 4) is 0 Å². The third-order valence-corrected chi connectivity index (χ3v) is 3.00.